The van der Waals surface area contributed by atoms with Gasteiger partial charge in [-0.25, -0.2) is 0 Å². The molecule has 0 aromatic carbocycles. The molecular formula is C18H33N3O. The van der Waals surface area contributed by atoms with Crippen molar-refractivity contribution in [3.63, 3.8) is 0 Å². The summed E-state index contributed by atoms with van der Waals surface area (Å²) in [5.41, 5.74) is 0. The highest BCUT2D eigenvalue weighted by molar-refractivity contribution is 5.78. The van der Waals surface area contributed by atoms with Gasteiger partial charge in [0.2, 0.25) is 5.91 Å². The van der Waals surface area contributed by atoms with Gasteiger partial charge in [-0.05, 0) is 70.0 Å². The van der Waals surface area contributed by atoms with E-state index in [1.165, 1.54) is 38.6 Å². The van der Waals surface area contributed by atoms with Crippen molar-refractivity contribution in [3.8, 4) is 0 Å². The van der Waals surface area contributed by atoms with Gasteiger partial charge >= 0.3 is 0 Å². The lowest BCUT2D eigenvalue weighted by atomic mass is 9.84. The molecule has 22 heavy (non-hydrogen) atoms. The molecule has 0 spiro atoms. The number of carbonyl (C=O) groups is 1. The molecule has 3 fully saturated rings. The van der Waals surface area contributed by atoms with E-state index in [4.69, 9.17) is 0 Å². The summed E-state index contributed by atoms with van der Waals surface area (Å²) in [7, 11) is 0. The smallest absolute Gasteiger partial charge is 0.234 e. The van der Waals surface area contributed by atoms with E-state index in [2.05, 4.69) is 29.0 Å². The Morgan fingerprint density at radius 2 is 1.91 bits per heavy atom. The van der Waals surface area contributed by atoms with Gasteiger partial charge in [0, 0.05) is 19.1 Å². The van der Waals surface area contributed by atoms with Crippen molar-refractivity contribution in [2.45, 2.75) is 52.0 Å². The fraction of sp³-hybridized carbons (Fsp3) is 0.944. The van der Waals surface area contributed by atoms with Gasteiger partial charge in [-0.1, -0.05) is 13.3 Å². The molecule has 1 N–H and O–H groups in total. The molecule has 1 aliphatic heterocycles. The predicted octanol–water partition coefficient (Wildman–Crippen LogP) is 1.95. The molecule has 1 saturated heterocycles. The Balaban J connectivity index is 1.42. The highest BCUT2D eigenvalue weighted by atomic mass is 16.2. The number of fused-ring (bicyclic) bond motifs is 2. The lowest BCUT2D eigenvalue weighted by Crippen LogP contribution is -2.45. The van der Waals surface area contributed by atoms with E-state index >= 15 is 0 Å². The topological polar surface area (TPSA) is 35.6 Å². The van der Waals surface area contributed by atoms with Crippen molar-refractivity contribution in [1.29, 1.82) is 0 Å². The van der Waals surface area contributed by atoms with E-state index in [9.17, 15) is 4.79 Å². The highest BCUT2D eigenvalue weighted by Gasteiger charge is 2.42. The van der Waals surface area contributed by atoms with Gasteiger partial charge in [0.25, 0.3) is 0 Å². The second kappa shape index (κ2) is 7.31. The Morgan fingerprint density at radius 1 is 1.14 bits per heavy atom. The van der Waals surface area contributed by atoms with Crippen LogP contribution in [0.15, 0.2) is 0 Å². The first-order chi connectivity index (χ1) is 10.7. The Labute approximate surface area is 135 Å². The Kier molecular flexibility index (Phi) is 5.40. The van der Waals surface area contributed by atoms with Crippen LogP contribution in [-0.4, -0.2) is 61.0 Å². The van der Waals surface area contributed by atoms with E-state index in [1.807, 2.05) is 0 Å². The maximum Gasteiger partial charge on any atom is 0.234 e. The van der Waals surface area contributed by atoms with E-state index in [0.717, 1.165) is 43.9 Å². The average Bonchev–Trinajstić information content (AvgIpc) is 3.06. The standard InChI is InChI=1S/C18H33N3O/c1-3-20-7-4-8-21(10-9-20)13-18(22)19-14(2)17-12-15-5-6-16(17)11-15/h14-17H,3-13H2,1-2H3,(H,19,22)/t14-,15-,16-,17+/m0/s1. The molecule has 4 atom stereocenters. The lowest BCUT2D eigenvalue weighted by molar-refractivity contribution is -0.123. The highest BCUT2D eigenvalue weighted by Crippen LogP contribution is 2.49. The summed E-state index contributed by atoms with van der Waals surface area (Å²) in [5, 5.41) is 3.31. The van der Waals surface area contributed by atoms with E-state index in [-0.39, 0.29) is 5.91 Å². The minimum absolute atomic E-state index is 0.236. The van der Waals surface area contributed by atoms with Gasteiger partial charge in [0.15, 0.2) is 0 Å². The van der Waals surface area contributed by atoms with Crippen molar-refractivity contribution in [2.75, 3.05) is 39.3 Å². The molecule has 0 aromatic rings. The summed E-state index contributed by atoms with van der Waals surface area (Å²) in [6, 6.07) is 0.363. The summed E-state index contributed by atoms with van der Waals surface area (Å²) in [5.74, 6) is 2.82. The zero-order chi connectivity index (χ0) is 15.5. The summed E-state index contributed by atoms with van der Waals surface area (Å²) in [6.07, 6.45) is 6.78. The van der Waals surface area contributed by atoms with Crippen molar-refractivity contribution < 1.29 is 4.79 Å². The Hall–Kier alpha value is -0.610. The third-order valence-corrected chi connectivity index (χ3v) is 6.32. The molecule has 3 aliphatic rings. The van der Waals surface area contributed by atoms with Crippen molar-refractivity contribution >= 4 is 5.91 Å². The molecule has 4 heteroatoms. The number of hydrogen-bond donors (Lipinski definition) is 1. The number of nitrogens with one attached hydrogen (secondary N) is 1. The van der Waals surface area contributed by atoms with E-state index < -0.39 is 0 Å². The minimum atomic E-state index is 0.236. The van der Waals surface area contributed by atoms with Crippen LogP contribution in [-0.2, 0) is 4.79 Å². The van der Waals surface area contributed by atoms with Crippen LogP contribution in [0.3, 0.4) is 0 Å². The van der Waals surface area contributed by atoms with Crippen LogP contribution < -0.4 is 5.32 Å². The number of hydrogen-bond acceptors (Lipinski definition) is 3. The maximum absolute atomic E-state index is 12.4. The average molecular weight is 307 g/mol. The van der Waals surface area contributed by atoms with E-state index in [1.54, 1.807) is 0 Å². The molecule has 4 nitrogen and oxygen atoms in total. The van der Waals surface area contributed by atoms with Gasteiger partial charge in [-0.2, -0.15) is 0 Å². The van der Waals surface area contributed by atoms with Crippen LogP contribution in [0.25, 0.3) is 0 Å². The normalized spacial score (nSPS) is 34.5. The number of amides is 1. The third kappa shape index (κ3) is 3.83. The van der Waals surface area contributed by atoms with Crippen LogP contribution in [0, 0.1) is 17.8 Å². The Bertz CT molecular complexity index is 387. The number of nitrogens with zero attached hydrogens (tertiary/aromatic N) is 2. The zero-order valence-electron chi connectivity index (χ0n) is 14.4. The first-order valence-corrected chi connectivity index (χ1v) is 9.39. The minimum Gasteiger partial charge on any atom is -0.352 e. The summed E-state index contributed by atoms with van der Waals surface area (Å²) in [6.45, 7) is 10.5. The van der Waals surface area contributed by atoms with Crippen molar-refractivity contribution in [2.24, 2.45) is 17.8 Å². The van der Waals surface area contributed by atoms with Crippen LogP contribution in [0.2, 0.25) is 0 Å². The lowest BCUT2D eigenvalue weighted by Gasteiger charge is -2.29. The predicted molar refractivity (Wildman–Crippen MR) is 89.7 cm³/mol. The first-order valence-electron chi connectivity index (χ1n) is 9.39. The summed E-state index contributed by atoms with van der Waals surface area (Å²) >= 11 is 0. The maximum atomic E-state index is 12.4. The molecule has 2 saturated carbocycles. The van der Waals surface area contributed by atoms with Gasteiger partial charge in [-0.3, -0.25) is 9.69 Å². The van der Waals surface area contributed by atoms with Crippen LogP contribution in [0.1, 0.15) is 46.0 Å². The van der Waals surface area contributed by atoms with Crippen molar-refractivity contribution in [3.05, 3.63) is 0 Å². The second-order valence-corrected chi connectivity index (χ2v) is 7.76. The molecule has 2 bridgehead atoms. The van der Waals surface area contributed by atoms with Crippen LogP contribution in [0.5, 0.6) is 0 Å². The van der Waals surface area contributed by atoms with Crippen LogP contribution >= 0.6 is 0 Å². The number of rotatable bonds is 5. The fourth-order valence-electron chi connectivity index (χ4n) is 5.01. The van der Waals surface area contributed by atoms with Gasteiger partial charge in [-0.15, -0.1) is 0 Å². The van der Waals surface area contributed by atoms with Gasteiger partial charge < -0.3 is 10.2 Å². The second-order valence-electron chi connectivity index (χ2n) is 7.76. The molecule has 1 amide bonds. The molecule has 0 unspecified atom stereocenters. The first kappa shape index (κ1) is 16.3. The molecule has 126 valence electrons. The molecule has 0 aromatic heterocycles. The van der Waals surface area contributed by atoms with E-state index in [0.29, 0.717) is 12.6 Å². The number of likely N-dealkylation sites (N-methyl/N-ethyl adjacent to an activating group) is 1. The molecule has 0 radical (unpaired) electrons. The largest absolute Gasteiger partial charge is 0.352 e. The SMILES string of the molecule is CCN1CCCN(CC(=O)N[C@@H](C)[C@H]2C[C@H]3CC[C@H]2C3)CC1. The molecule has 2 aliphatic carbocycles. The van der Waals surface area contributed by atoms with Crippen molar-refractivity contribution in [1.82, 2.24) is 15.1 Å². The fourth-order valence-corrected chi connectivity index (χ4v) is 5.01. The van der Waals surface area contributed by atoms with Gasteiger partial charge in [0.1, 0.15) is 0 Å². The Morgan fingerprint density at radius 3 is 2.59 bits per heavy atom. The zero-order valence-corrected chi connectivity index (χ0v) is 14.4. The molecule has 1 heterocycles. The monoisotopic (exact) mass is 307 g/mol. The molecule has 3 rings (SSSR count). The third-order valence-electron chi connectivity index (χ3n) is 6.32. The summed E-state index contributed by atoms with van der Waals surface area (Å²) < 4.78 is 0. The number of carbonyl (C=O) groups excluding carboxylic acids is 1. The van der Waals surface area contributed by atoms with Gasteiger partial charge in [0.05, 0.1) is 6.54 Å². The van der Waals surface area contributed by atoms with Crippen LogP contribution in [0.4, 0.5) is 0 Å². The molecular weight excluding hydrogens is 274 g/mol. The quantitative estimate of drug-likeness (QED) is 0.843. The summed E-state index contributed by atoms with van der Waals surface area (Å²) in [4.78, 5) is 17.2.